The molecule has 0 aliphatic rings. The van der Waals surface area contributed by atoms with Crippen molar-refractivity contribution in [2.24, 2.45) is 0 Å². The van der Waals surface area contributed by atoms with Crippen molar-refractivity contribution in [3.8, 4) is 11.1 Å². The highest BCUT2D eigenvalue weighted by molar-refractivity contribution is 9.10. The van der Waals surface area contributed by atoms with E-state index in [1.807, 2.05) is 18.4 Å². The molecular weight excluding hydrogens is 287 g/mol. The Morgan fingerprint density at radius 3 is 2.25 bits per heavy atom. The van der Waals surface area contributed by atoms with Gasteiger partial charge in [0.1, 0.15) is 5.82 Å². The van der Waals surface area contributed by atoms with E-state index in [-0.39, 0.29) is 5.82 Å². The molecule has 0 aromatic heterocycles. The number of halogens is 2. The van der Waals surface area contributed by atoms with Crippen molar-refractivity contribution < 1.29 is 4.39 Å². The van der Waals surface area contributed by atoms with Gasteiger partial charge in [0.25, 0.3) is 0 Å². The fourth-order valence-corrected chi connectivity index (χ4v) is 2.72. The highest BCUT2D eigenvalue weighted by Gasteiger charge is 2.02. The molecule has 2 rings (SSSR count). The van der Waals surface area contributed by atoms with Crippen molar-refractivity contribution in [2.45, 2.75) is 4.90 Å². The molecule has 3 heteroatoms. The van der Waals surface area contributed by atoms with E-state index in [1.165, 1.54) is 17.0 Å². The van der Waals surface area contributed by atoms with E-state index in [0.29, 0.717) is 0 Å². The molecule has 0 unspecified atom stereocenters. The minimum atomic E-state index is -0.203. The van der Waals surface area contributed by atoms with Crippen molar-refractivity contribution in [1.82, 2.24) is 0 Å². The summed E-state index contributed by atoms with van der Waals surface area (Å²) in [7, 11) is 0. The molecule has 0 amide bonds. The van der Waals surface area contributed by atoms with Gasteiger partial charge in [0.15, 0.2) is 0 Å². The molecule has 0 aliphatic carbocycles. The third kappa shape index (κ3) is 2.47. The molecule has 0 atom stereocenters. The van der Waals surface area contributed by atoms with Gasteiger partial charge in [-0.05, 0) is 57.6 Å². The Morgan fingerprint density at radius 2 is 1.62 bits per heavy atom. The number of rotatable bonds is 2. The minimum absolute atomic E-state index is 0.203. The molecule has 0 nitrogen and oxygen atoms in total. The molecule has 2 aromatic carbocycles. The Balaban J connectivity index is 2.44. The lowest BCUT2D eigenvalue weighted by Crippen LogP contribution is -1.81. The van der Waals surface area contributed by atoms with Crippen LogP contribution in [-0.2, 0) is 0 Å². The SMILES string of the molecule is CSc1cc(-c2ccc(F)cc2)ccc1Br. The zero-order valence-electron chi connectivity index (χ0n) is 8.71. The van der Waals surface area contributed by atoms with Crippen molar-refractivity contribution in [2.75, 3.05) is 6.26 Å². The Labute approximate surface area is 107 Å². The summed E-state index contributed by atoms with van der Waals surface area (Å²) in [5.41, 5.74) is 2.14. The predicted octanol–water partition coefficient (Wildman–Crippen LogP) is 4.98. The zero-order chi connectivity index (χ0) is 11.5. The standard InChI is InChI=1S/C13H10BrFS/c1-16-13-8-10(4-7-12(13)14)9-2-5-11(15)6-3-9/h2-8H,1H3. The topological polar surface area (TPSA) is 0 Å². The minimum Gasteiger partial charge on any atom is -0.207 e. The van der Waals surface area contributed by atoms with Crippen LogP contribution in [0, 0.1) is 5.82 Å². The molecule has 2 aromatic rings. The molecular formula is C13H10BrFS. The lowest BCUT2D eigenvalue weighted by atomic mass is 10.1. The van der Waals surface area contributed by atoms with Crippen LogP contribution in [0.25, 0.3) is 11.1 Å². The second-order valence-electron chi connectivity index (χ2n) is 3.36. The summed E-state index contributed by atoms with van der Waals surface area (Å²) >= 11 is 5.18. The summed E-state index contributed by atoms with van der Waals surface area (Å²) < 4.78 is 13.9. The summed E-state index contributed by atoms with van der Waals surface area (Å²) in [6.07, 6.45) is 2.04. The van der Waals surface area contributed by atoms with Crippen LogP contribution in [0.3, 0.4) is 0 Å². The van der Waals surface area contributed by atoms with E-state index in [2.05, 4.69) is 22.0 Å². The van der Waals surface area contributed by atoms with Crippen molar-refractivity contribution in [3.63, 3.8) is 0 Å². The molecule has 0 spiro atoms. The lowest BCUT2D eigenvalue weighted by molar-refractivity contribution is 0.628. The van der Waals surface area contributed by atoms with E-state index in [1.54, 1.807) is 23.9 Å². The molecule has 0 saturated heterocycles. The van der Waals surface area contributed by atoms with Crippen LogP contribution in [-0.4, -0.2) is 6.26 Å². The van der Waals surface area contributed by atoms with Crippen LogP contribution in [0.15, 0.2) is 51.8 Å². The fourth-order valence-electron chi connectivity index (χ4n) is 1.48. The Kier molecular flexibility index (Phi) is 3.66. The summed E-state index contributed by atoms with van der Waals surface area (Å²) in [5, 5.41) is 0. The van der Waals surface area contributed by atoms with Crippen molar-refractivity contribution >= 4 is 27.7 Å². The average Bonchev–Trinajstić information content (AvgIpc) is 2.31. The third-order valence-electron chi connectivity index (χ3n) is 2.33. The van der Waals surface area contributed by atoms with Gasteiger partial charge in [0, 0.05) is 9.37 Å². The smallest absolute Gasteiger partial charge is 0.123 e. The first kappa shape index (κ1) is 11.7. The zero-order valence-corrected chi connectivity index (χ0v) is 11.1. The second kappa shape index (κ2) is 5.02. The summed E-state index contributed by atoms with van der Waals surface area (Å²) in [5.74, 6) is -0.203. The van der Waals surface area contributed by atoms with E-state index in [0.717, 1.165) is 15.6 Å². The van der Waals surface area contributed by atoms with Crippen LogP contribution in [0.5, 0.6) is 0 Å². The number of hydrogen-bond acceptors (Lipinski definition) is 1. The van der Waals surface area contributed by atoms with Crippen molar-refractivity contribution in [1.29, 1.82) is 0 Å². The van der Waals surface area contributed by atoms with Crippen LogP contribution >= 0.6 is 27.7 Å². The summed E-state index contributed by atoms with van der Waals surface area (Å²) in [6.45, 7) is 0. The Morgan fingerprint density at radius 1 is 1.00 bits per heavy atom. The molecule has 0 radical (unpaired) electrons. The molecule has 0 heterocycles. The van der Waals surface area contributed by atoms with Gasteiger partial charge in [0.05, 0.1) is 0 Å². The molecule has 0 saturated carbocycles. The van der Waals surface area contributed by atoms with Gasteiger partial charge in [0.2, 0.25) is 0 Å². The molecule has 16 heavy (non-hydrogen) atoms. The monoisotopic (exact) mass is 296 g/mol. The van der Waals surface area contributed by atoms with E-state index >= 15 is 0 Å². The highest BCUT2D eigenvalue weighted by Crippen LogP contribution is 2.30. The lowest BCUT2D eigenvalue weighted by Gasteiger charge is -2.05. The van der Waals surface area contributed by atoms with Gasteiger partial charge in [-0.25, -0.2) is 4.39 Å². The van der Waals surface area contributed by atoms with Gasteiger partial charge in [-0.1, -0.05) is 18.2 Å². The van der Waals surface area contributed by atoms with Crippen molar-refractivity contribution in [3.05, 3.63) is 52.8 Å². The van der Waals surface area contributed by atoms with Gasteiger partial charge >= 0.3 is 0 Å². The first-order chi connectivity index (χ1) is 7.70. The van der Waals surface area contributed by atoms with E-state index < -0.39 is 0 Å². The maximum atomic E-state index is 12.8. The third-order valence-corrected chi connectivity index (χ3v) is 4.06. The normalized spacial score (nSPS) is 10.4. The van der Waals surface area contributed by atoms with E-state index in [9.17, 15) is 4.39 Å². The van der Waals surface area contributed by atoms with Crippen LogP contribution < -0.4 is 0 Å². The summed E-state index contributed by atoms with van der Waals surface area (Å²) in [4.78, 5) is 1.18. The predicted molar refractivity (Wildman–Crippen MR) is 71.3 cm³/mol. The quantitative estimate of drug-likeness (QED) is 0.705. The van der Waals surface area contributed by atoms with Crippen LogP contribution in [0.1, 0.15) is 0 Å². The number of hydrogen-bond donors (Lipinski definition) is 0. The maximum Gasteiger partial charge on any atom is 0.123 e. The average molecular weight is 297 g/mol. The molecule has 0 bridgehead atoms. The number of thioether (sulfide) groups is 1. The Bertz CT molecular complexity index is 494. The van der Waals surface area contributed by atoms with Crippen LogP contribution in [0.4, 0.5) is 4.39 Å². The molecule has 0 fully saturated rings. The first-order valence-corrected chi connectivity index (χ1v) is 6.82. The van der Waals surface area contributed by atoms with Gasteiger partial charge in [-0.15, -0.1) is 11.8 Å². The fraction of sp³-hybridized carbons (Fsp3) is 0.0769. The van der Waals surface area contributed by atoms with Gasteiger partial charge in [-0.2, -0.15) is 0 Å². The van der Waals surface area contributed by atoms with Crippen LogP contribution in [0.2, 0.25) is 0 Å². The summed E-state index contributed by atoms with van der Waals surface area (Å²) in [6, 6.07) is 12.7. The Hall–Kier alpha value is -0.800. The van der Waals surface area contributed by atoms with Gasteiger partial charge in [-0.3, -0.25) is 0 Å². The van der Waals surface area contributed by atoms with Gasteiger partial charge < -0.3 is 0 Å². The number of benzene rings is 2. The molecule has 0 aliphatic heterocycles. The highest BCUT2D eigenvalue weighted by atomic mass is 79.9. The maximum absolute atomic E-state index is 12.8. The second-order valence-corrected chi connectivity index (χ2v) is 5.06. The molecule has 0 N–H and O–H groups in total. The molecule has 82 valence electrons. The first-order valence-electron chi connectivity index (χ1n) is 4.80. The largest absolute Gasteiger partial charge is 0.207 e. The van der Waals surface area contributed by atoms with E-state index in [4.69, 9.17) is 0 Å².